The van der Waals surface area contributed by atoms with Crippen LogP contribution in [0.1, 0.15) is 33.1 Å². The molecule has 0 aliphatic rings. The summed E-state index contributed by atoms with van der Waals surface area (Å²) in [6.07, 6.45) is 3.20. The number of hydrogen-bond donors (Lipinski definition) is 1. The molecule has 118 valence electrons. The van der Waals surface area contributed by atoms with E-state index in [4.69, 9.17) is 10.5 Å². The number of hydrogen-bond acceptors (Lipinski definition) is 3. The number of unbranched alkanes of at least 4 members (excludes halogenated alkanes) is 2. The first kappa shape index (κ1) is 16.1. The van der Waals surface area contributed by atoms with Gasteiger partial charge in [0.15, 0.2) is 0 Å². The Labute approximate surface area is 131 Å². The van der Waals surface area contributed by atoms with Gasteiger partial charge in [-0.25, -0.2) is 0 Å². The molecule has 0 fully saturated rings. The number of nitrogens with zero attached hydrogens (tertiary/aromatic N) is 1. The number of pyridine rings is 1. The van der Waals surface area contributed by atoms with E-state index >= 15 is 0 Å². The molecule has 2 rings (SSSR count). The van der Waals surface area contributed by atoms with Crippen LogP contribution in [0.3, 0.4) is 0 Å². The maximum atomic E-state index is 12.3. The van der Waals surface area contributed by atoms with Crippen molar-refractivity contribution in [3.8, 4) is 17.0 Å². The highest BCUT2D eigenvalue weighted by atomic mass is 16.5. The zero-order chi connectivity index (χ0) is 15.9. The van der Waals surface area contributed by atoms with Crippen molar-refractivity contribution < 1.29 is 4.74 Å². The Hall–Kier alpha value is -2.23. The lowest BCUT2D eigenvalue weighted by Crippen LogP contribution is -2.24. The van der Waals surface area contributed by atoms with Crippen molar-refractivity contribution in [3.05, 3.63) is 46.8 Å². The molecule has 2 aromatic rings. The van der Waals surface area contributed by atoms with E-state index < -0.39 is 0 Å². The van der Waals surface area contributed by atoms with Crippen molar-refractivity contribution in [2.75, 3.05) is 12.3 Å². The summed E-state index contributed by atoms with van der Waals surface area (Å²) >= 11 is 0. The highest BCUT2D eigenvalue weighted by molar-refractivity contribution is 5.62. The molecular formula is C18H24N2O2. The normalized spacial score (nSPS) is 10.6. The fourth-order valence-electron chi connectivity index (χ4n) is 2.48. The van der Waals surface area contributed by atoms with Gasteiger partial charge in [-0.1, -0.05) is 19.8 Å². The Morgan fingerprint density at radius 2 is 1.77 bits per heavy atom. The largest absolute Gasteiger partial charge is 0.494 e. The van der Waals surface area contributed by atoms with Crippen LogP contribution < -0.4 is 16.0 Å². The van der Waals surface area contributed by atoms with Gasteiger partial charge in [0.25, 0.3) is 5.56 Å². The van der Waals surface area contributed by atoms with Crippen LogP contribution in [0.4, 0.5) is 5.69 Å². The third-order valence-corrected chi connectivity index (χ3v) is 3.65. The summed E-state index contributed by atoms with van der Waals surface area (Å²) in [5.74, 6) is 0.835. The molecule has 0 bridgehead atoms. The molecule has 0 unspecified atom stereocenters. The van der Waals surface area contributed by atoms with Gasteiger partial charge < -0.3 is 15.0 Å². The van der Waals surface area contributed by atoms with Gasteiger partial charge in [0.1, 0.15) is 5.75 Å². The van der Waals surface area contributed by atoms with Crippen molar-refractivity contribution in [3.63, 3.8) is 0 Å². The molecule has 22 heavy (non-hydrogen) atoms. The second-order valence-electron chi connectivity index (χ2n) is 5.30. The molecule has 0 saturated carbocycles. The van der Waals surface area contributed by atoms with E-state index in [1.807, 2.05) is 37.3 Å². The van der Waals surface area contributed by atoms with E-state index in [0.717, 1.165) is 36.3 Å². The number of aromatic nitrogens is 1. The number of anilines is 1. The zero-order valence-corrected chi connectivity index (χ0v) is 13.3. The van der Waals surface area contributed by atoms with Crippen LogP contribution in [0, 0.1) is 0 Å². The molecule has 0 spiro atoms. The highest BCUT2D eigenvalue weighted by Gasteiger charge is 2.09. The van der Waals surface area contributed by atoms with Crippen molar-refractivity contribution in [2.24, 2.45) is 0 Å². The maximum Gasteiger partial charge on any atom is 0.274 e. The monoisotopic (exact) mass is 300 g/mol. The van der Waals surface area contributed by atoms with E-state index in [1.165, 1.54) is 0 Å². The van der Waals surface area contributed by atoms with Gasteiger partial charge in [-0.05, 0) is 55.3 Å². The van der Waals surface area contributed by atoms with Gasteiger partial charge in [0, 0.05) is 6.54 Å². The van der Waals surface area contributed by atoms with E-state index in [-0.39, 0.29) is 5.56 Å². The van der Waals surface area contributed by atoms with Gasteiger partial charge in [0.2, 0.25) is 0 Å². The van der Waals surface area contributed by atoms with Crippen LogP contribution in [-0.4, -0.2) is 11.2 Å². The number of nitrogens with two attached hydrogens (primary N) is 1. The van der Waals surface area contributed by atoms with Crippen molar-refractivity contribution in [2.45, 2.75) is 39.7 Å². The van der Waals surface area contributed by atoms with Gasteiger partial charge in [0.05, 0.1) is 18.0 Å². The lowest BCUT2D eigenvalue weighted by atomic mass is 10.1. The van der Waals surface area contributed by atoms with Crippen LogP contribution in [0.5, 0.6) is 5.75 Å². The van der Waals surface area contributed by atoms with Gasteiger partial charge in [-0.15, -0.1) is 0 Å². The summed E-state index contributed by atoms with van der Waals surface area (Å²) in [4.78, 5) is 12.3. The molecule has 1 aromatic heterocycles. The van der Waals surface area contributed by atoms with E-state index in [9.17, 15) is 4.79 Å². The Morgan fingerprint density at radius 1 is 1.05 bits per heavy atom. The minimum Gasteiger partial charge on any atom is -0.494 e. The number of benzene rings is 1. The molecule has 4 heteroatoms. The fraction of sp³-hybridized carbons (Fsp3) is 0.389. The summed E-state index contributed by atoms with van der Waals surface area (Å²) in [6, 6.07) is 11.4. The summed E-state index contributed by atoms with van der Waals surface area (Å²) in [5.41, 5.74) is 7.87. The van der Waals surface area contributed by atoms with Crippen LogP contribution in [0.15, 0.2) is 41.2 Å². The molecule has 4 nitrogen and oxygen atoms in total. The topological polar surface area (TPSA) is 57.2 Å². The van der Waals surface area contributed by atoms with Crippen molar-refractivity contribution in [1.82, 2.24) is 4.57 Å². The third-order valence-electron chi connectivity index (χ3n) is 3.65. The zero-order valence-electron chi connectivity index (χ0n) is 13.3. The van der Waals surface area contributed by atoms with E-state index in [1.54, 1.807) is 10.6 Å². The van der Waals surface area contributed by atoms with Gasteiger partial charge in [-0.2, -0.15) is 0 Å². The molecule has 0 aliphatic carbocycles. The molecular weight excluding hydrogens is 276 g/mol. The second kappa shape index (κ2) is 7.69. The number of rotatable bonds is 7. The summed E-state index contributed by atoms with van der Waals surface area (Å²) in [5, 5.41) is 0. The summed E-state index contributed by atoms with van der Waals surface area (Å²) in [7, 11) is 0. The minimum atomic E-state index is -0.109. The Balaban J connectivity index is 2.36. The second-order valence-corrected chi connectivity index (χ2v) is 5.30. The Kier molecular flexibility index (Phi) is 5.64. The molecule has 0 saturated heterocycles. The summed E-state index contributed by atoms with van der Waals surface area (Å²) < 4.78 is 7.24. The molecule has 1 heterocycles. The summed E-state index contributed by atoms with van der Waals surface area (Å²) in [6.45, 7) is 5.44. The van der Waals surface area contributed by atoms with Crippen molar-refractivity contribution in [1.29, 1.82) is 0 Å². The predicted octanol–water partition coefficient (Wildman–Crippen LogP) is 3.69. The molecule has 2 N–H and O–H groups in total. The minimum absolute atomic E-state index is 0.109. The van der Waals surface area contributed by atoms with E-state index in [2.05, 4.69) is 6.92 Å². The Morgan fingerprint density at radius 3 is 2.41 bits per heavy atom. The van der Waals surface area contributed by atoms with Crippen LogP contribution in [0.25, 0.3) is 11.3 Å². The average molecular weight is 300 g/mol. The average Bonchev–Trinajstić information content (AvgIpc) is 2.53. The van der Waals surface area contributed by atoms with Crippen LogP contribution >= 0.6 is 0 Å². The third kappa shape index (κ3) is 3.70. The first-order valence-corrected chi connectivity index (χ1v) is 7.90. The first-order valence-electron chi connectivity index (χ1n) is 7.90. The molecule has 0 atom stereocenters. The smallest absolute Gasteiger partial charge is 0.274 e. The van der Waals surface area contributed by atoms with E-state index in [0.29, 0.717) is 18.8 Å². The Bertz CT molecular complexity index is 660. The molecule has 0 radical (unpaired) electrons. The number of nitrogen functional groups attached to an aromatic ring is 1. The highest BCUT2D eigenvalue weighted by Crippen LogP contribution is 2.22. The predicted molar refractivity (Wildman–Crippen MR) is 91.2 cm³/mol. The van der Waals surface area contributed by atoms with Crippen molar-refractivity contribution >= 4 is 5.69 Å². The lowest BCUT2D eigenvalue weighted by molar-refractivity contribution is 0.340. The SMILES string of the molecule is CCCCCn1c(-c2ccc(OCC)cc2)ccc(N)c1=O. The van der Waals surface area contributed by atoms with Crippen LogP contribution in [0.2, 0.25) is 0 Å². The lowest BCUT2D eigenvalue weighted by Gasteiger charge is -2.14. The molecule has 1 aromatic carbocycles. The number of ether oxygens (including phenoxy) is 1. The standard InChI is InChI=1S/C18H24N2O2/c1-3-5-6-13-20-17(12-11-16(19)18(20)21)14-7-9-15(10-8-14)22-4-2/h7-12H,3-6,13,19H2,1-2H3. The van der Waals surface area contributed by atoms with Gasteiger partial charge in [-0.3, -0.25) is 4.79 Å². The quantitative estimate of drug-likeness (QED) is 0.793. The maximum absolute atomic E-state index is 12.3. The first-order chi connectivity index (χ1) is 10.7. The van der Waals surface area contributed by atoms with Gasteiger partial charge >= 0.3 is 0 Å². The van der Waals surface area contributed by atoms with Crippen LogP contribution in [-0.2, 0) is 6.54 Å². The molecule has 0 aliphatic heterocycles. The fourth-order valence-corrected chi connectivity index (χ4v) is 2.48. The molecule has 0 amide bonds.